The maximum absolute atomic E-state index is 12.8. The molecule has 0 bridgehead atoms. The van der Waals surface area contributed by atoms with Gasteiger partial charge in [-0.3, -0.25) is 9.62 Å². The Balaban J connectivity index is 2.27. The first kappa shape index (κ1) is 24.2. The molecule has 0 radical (unpaired) electrons. The molecule has 1 amide bonds. The van der Waals surface area contributed by atoms with Gasteiger partial charge in [0.15, 0.2) is 0 Å². The van der Waals surface area contributed by atoms with Gasteiger partial charge in [-0.1, -0.05) is 12.2 Å². The zero-order valence-corrected chi connectivity index (χ0v) is 20.1. The third-order valence-electron chi connectivity index (χ3n) is 4.33. The molecule has 4 unspecified atom stereocenters. The van der Waals surface area contributed by atoms with Gasteiger partial charge >= 0.3 is 6.09 Å². The number of amides is 1. The van der Waals surface area contributed by atoms with Crippen LogP contribution in [0.1, 0.15) is 41.0 Å². The molecule has 4 atom stereocenters. The van der Waals surface area contributed by atoms with Crippen molar-refractivity contribution in [2.24, 2.45) is 4.99 Å². The van der Waals surface area contributed by atoms with Crippen LogP contribution in [0.3, 0.4) is 0 Å². The average Bonchev–Trinajstić information content (AvgIpc) is 2.86. The Morgan fingerprint density at radius 2 is 2.21 bits per heavy atom. The van der Waals surface area contributed by atoms with E-state index in [2.05, 4.69) is 5.32 Å². The number of alkyl carbamates (subject to hydrolysis) is 1. The van der Waals surface area contributed by atoms with Crippen molar-refractivity contribution in [3.8, 4) is 0 Å². The average molecular weight is 464 g/mol. The normalized spacial score (nSPS) is 32.9. The van der Waals surface area contributed by atoms with Crippen molar-refractivity contribution in [1.82, 2.24) is 9.62 Å². The number of aliphatic hydroxyl groups excluding tert-OH is 1. The molecule has 0 aliphatic carbocycles. The second kappa shape index (κ2) is 8.99. The van der Waals surface area contributed by atoms with Crippen molar-refractivity contribution < 1.29 is 18.8 Å². The molecule has 164 valence electrons. The van der Waals surface area contributed by atoms with Crippen LogP contribution in [-0.4, -0.2) is 66.3 Å². The van der Waals surface area contributed by atoms with Crippen molar-refractivity contribution in [1.29, 1.82) is 0 Å². The van der Waals surface area contributed by atoms with Crippen LogP contribution in [0, 0.1) is 0 Å². The fourth-order valence-electron chi connectivity index (χ4n) is 3.16. The number of alkyl halides is 1. The molecule has 0 aromatic heterocycles. The summed E-state index contributed by atoms with van der Waals surface area (Å²) in [4.78, 5) is 17.3. The number of allylic oxidation sites excluding steroid dienone is 2. The van der Waals surface area contributed by atoms with Crippen LogP contribution in [0.2, 0.25) is 0 Å². The Morgan fingerprint density at radius 3 is 2.79 bits per heavy atom. The van der Waals surface area contributed by atoms with Crippen LogP contribution in [0.25, 0.3) is 0 Å². The van der Waals surface area contributed by atoms with E-state index in [4.69, 9.17) is 26.4 Å². The molecule has 29 heavy (non-hydrogen) atoms. The highest BCUT2D eigenvalue weighted by Gasteiger charge is 2.51. The summed E-state index contributed by atoms with van der Waals surface area (Å²) in [7, 11) is 0.235. The first-order valence-electron chi connectivity index (χ1n) is 9.35. The van der Waals surface area contributed by atoms with Gasteiger partial charge in [-0.2, -0.15) is 0 Å². The molecule has 2 heterocycles. The van der Waals surface area contributed by atoms with Gasteiger partial charge in [0.1, 0.15) is 16.6 Å². The second-order valence-corrected chi connectivity index (χ2v) is 12.0. The molecule has 0 aromatic carbocycles. The number of aliphatic hydroxyl groups is 1. The summed E-state index contributed by atoms with van der Waals surface area (Å²) in [6.45, 7) is 9.21. The van der Waals surface area contributed by atoms with E-state index < -0.39 is 33.1 Å². The third-order valence-corrected chi connectivity index (χ3v) is 8.16. The number of guanidine groups is 1. The molecule has 2 rings (SSSR count). The molecule has 2 N–H and O–H groups in total. The number of carbonyl (C=O) groups excluding carboxylic acids is 1. The molecule has 7 nitrogen and oxygen atoms in total. The minimum Gasteiger partial charge on any atom is -0.444 e. The van der Waals surface area contributed by atoms with Gasteiger partial charge in [-0.25, -0.2) is 14.0 Å². The highest BCUT2D eigenvalue weighted by Crippen LogP contribution is 2.50. The lowest BCUT2D eigenvalue weighted by Crippen LogP contribution is -2.58. The lowest BCUT2D eigenvalue weighted by atomic mass is 9.90. The molecule has 0 aromatic rings. The summed E-state index contributed by atoms with van der Waals surface area (Å²) in [5.74, 6) is 0.480. The molecule has 2 aliphatic rings. The molecule has 10 heteroatoms. The van der Waals surface area contributed by atoms with Gasteiger partial charge in [-0.05, 0) is 47.1 Å². The third kappa shape index (κ3) is 6.23. The maximum atomic E-state index is 12.8. The summed E-state index contributed by atoms with van der Waals surface area (Å²) >= 11 is 8.38. The van der Waals surface area contributed by atoms with E-state index in [0.717, 1.165) is 4.91 Å². The number of nitrogens with one attached hydrogen (secondary N) is 1. The summed E-state index contributed by atoms with van der Waals surface area (Å²) in [5.41, 5.74) is -1.43. The Hall–Kier alpha value is -1.03. The van der Waals surface area contributed by atoms with Crippen LogP contribution in [-0.2, 0) is 15.7 Å². The SMILES string of the molecule is CN1C(NC(=O)OC(C)(C)C)=NC(C)(C2SC(C=CCCO)=CC2(C)Cl)CS1=O. The van der Waals surface area contributed by atoms with E-state index in [1.54, 1.807) is 39.6 Å². The van der Waals surface area contributed by atoms with Crippen LogP contribution in [0.4, 0.5) is 4.79 Å². The van der Waals surface area contributed by atoms with E-state index in [1.807, 2.05) is 32.1 Å². The van der Waals surface area contributed by atoms with Crippen molar-refractivity contribution in [3.05, 3.63) is 23.1 Å². The molecule has 2 aliphatic heterocycles. The summed E-state index contributed by atoms with van der Waals surface area (Å²) in [5, 5.41) is 11.4. The molecule has 0 saturated carbocycles. The van der Waals surface area contributed by atoms with Gasteiger partial charge in [-0.15, -0.1) is 23.4 Å². The Bertz CT molecular complexity index is 761. The fraction of sp³-hybridized carbons (Fsp3) is 0.684. The Kier molecular flexibility index (Phi) is 7.52. The molecular weight excluding hydrogens is 434 g/mol. The van der Waals surface area contributed by atoms with E-state index in [0.29, 0.717) is 6.42 Å². The van der Waals surface area contributed by atoms with Crippen molar-refractivity contribution in [2.75, 3.05) is 19.4 Å². The molecule has 0 fully saturated rings. The van der Waals surface area contributed by atoms with E-state index in [-0.39, 0.29) is 23.6 Å². The van der Waals surface area contributed by atoms with Gasteiger partial charge in [0.05, 0.1) is 21.4 Å². The van der Waals surface area contributed by atoms with Crippen molar-refractivity contribution in [3.63, 3.8) is 0 Å². The summed E-state index contributed by atoms with van der Waals surface area (Å²) in [6, 6.07) is 0. The second-order valence-electron chi connectivity index (χ2n) is 8.49. The quantitative estimate of drug-likeness (QED) is 0.625. The zero-order valence-electron chi connectivity index (χ0n) is 17.7. The van der Waals surface area contributed by atoms with Gasteiger partial charge < -0.3 is 9.84 Å². The predicted molar refractivity (Wildman–Crippen MR) is 121 cm³/mol. The van der Waals surface area contributed by atoms with Crippen LogP contribution < -0.4 is 5.32 Å². The van der Waals surface area contributed by atoms with Gasteiger partial charge in [0, 0.05) is 18.6 Å². The standard InChI is InChI=1S/C19H30ClN3O4S2/c1-17(2,3)27-16(25)21-15-22-19(5,12-29(26)23(15)6)14-18(4,20)11-13(28-14)9-7-8-10-24/h7,9,11,14,24H,8,10,12H2,1-6H3,(H,21,22,25). The predicted octanol–water partition coefficient (Wildman–Crippen LogP) is 3.17. The number of aliphatic imine (C=N–C) groups is 1. The van der Waals surface area contributed by atoms with Crippen molar-refractivity contribution in [2.45, 2.75) is 62.3 Å². The summed E-state index contributed by atoms with van der Waals surface area (Å²) < 4.78 is 19.5. The van der Waals surface area contributed by atoms with E-state index in [9.17, 15) is 9.00 Å². The van der Waals surface area contributed by atoms with Gasteiger partial charge in [0.2, 0.25) is 5.96 Å². The van der Waals surface area contributed by atoms with E-state index in [1.165, 1.54) is 4.31 Å². The van der Waals surface area contributed by atoms with Gasteiger partial charge in [0.25, 0.3) is 0 Å². The minimum absolute atomic E-state index is 0.0863. The smallest absolute Gasteiger partial charge is 0.414 e. The highest BCUT2D eigenvalue weighted by molar-refractivity contribution is 8.04. The largest absolute Gasteiger partial charge is 0.444 e. The molecular formula is C19H30ClN3O4S2. The first-order valence-corrected chi connectivity index (χ1v) is 11.9. The van der Waals surface area contributed by atoms with Crippen LogP contribution in [0.5, 0.6) is 0 Å². The lowest BCUT2D eigenvalue weighted by Gasteiger charge is -2.42. The van der Waals surface area contributed by atoms with E-state index >= 15 is 0 Å². The Morgan fingerprint density at radius 1 is 1.55 bits per heavy atom. The molecule has 0 spiro atoms. The molecule has 0 saturated heterocycles. The number of nitrogens with zero attached hydrogens (tertiary/aromatic N) is 2. The van der Waals surface area contributed by atoms with Crippen LogP contribution >= 0.6 is 23.4 Å². The minimum atomic E-state index is -1.39. The zero-order chi connectivity index (χ0) is 22.0. The van der Waals surface area contributed by atoms with Crippen LogP contribution in [0.15, 0.2) is 28.1 Å². The maximum Gasteiger partial charge on any atom is 0.414 e. The number of thioether (sulfide) groups is 1. The van der Waals surface area contributed by atoms with Crippen molar-refractivity contribution >= 4 is 46.4 Å². The number of carbonyl (C=O) groups is 1. The number of hydrogen-bond donors (Lipinski definition) is 2. The number of halogens is 1. The highest BCUT2D eigenvalue weighted by atomic mass is 35.5. The lowest BCUT2D eigenvalue weighted by molar-refractivity contribution is 0.0559. The number of ether oxygens (including phenoxy) is 1. The topological polar surface area (TPSA) is 91.2 Å². The fourth-order valence-corrected chi connectivity index (χ4v) is 6.47. The monoisotopic (exact) mass is 463 g/mol. The number of hydrogen-bond acceptors (Lipinski definition) is 6. The Labute approximate surface area is 184 Å². The summed E-state index contributed by atoms with van der Waals surface area (Å²) in [6.07, 6.45) is 5.70. The number of rotatable bonds is 4. The first-order chi connectivity index (χ1) is 13.3.